The first-order valence-electron chi connectivity index (χ1n) is 10.7. The van der Waals surface area contributed by atoms with E-state index in [9.17, 15) is 9.59 Å². The van der Waals surface area contributed by atoms with Crippen molar-refractivity contribution >= 4 is 44.9 Å². The Morgan fingerprint density at radius 1 is 1.12 bits per heavy atom. The molecule has 0 saturated carbocycles. The van der Waals surface area contributed by atoms with Gasteiger partial charge in [0.2, 0.25) is 5.91 Å². The normalized spacial score (nSPS) is 11.1. The fourth-order valence-corrected chi connectivity index (χ4v) is 5.17. The van der Waals surface area contributed by atoms with Crippen LogP contribution in [0.2, 0.25) is 0 Å². The van der Waals surface area contributed by atoms with Crippen LogP contribution in [-0.4, -0.2) is 35.8 Å². The first-order valence-corrected chi connectivity index (χ1v) is 12.5. The maximum absolute atomic E-state index is 12.9. The number of ether oxygens (including phenoxy) is 2. The molecule has 0 fully saturated rings. The molecule has 7 nitrogen and oxygen atoms in total. The van der Waals surface area contributed by atoms with E-state index in [4.69, 9.17) is 9.47 Å². The Kier molecular flexibility index (Phi) is 7.23. The minimum atomic E-state index is -0.225. The smallest absolute Gasteiger partial charge is 0.260 e. The molecule has 34 heavy (non-hydrogen) atoms. The second kappa shape index (κ2) is 10.3. The lowest BCUT2D eigenvalue weighted by molar-refractivity contribution is -0.113. The number of methoxy groups -OCH3 is 2. The van der Waals surface area contributed by atoms with Crippen LogP contribution in [0.5, 0.6) is 11.5 Å². The summed E-state index contributed by atoms with van der Waals surface area (Å²) in [6.07, 6.45) is 0. The Morgan fingerprint density at radius 3 is 2.53 bits per heavy atom. The minimum absolute atomic E-state index is 0.0949. The minimum Gasteiger partial charge on any atom is -0.493 e. The number of carbonyl (C=O) groups is 1. The lowest BCUT2D eigenvalue weighted by atomic mass is 9.99. The molecule has 0 aliphatic rings. The van der Waals surface area contributed by atoms with E-state index in [1.807, 2.05) is 17.5 Å². The van der Waals surface area contributed by atoms with Crippen molar-refractivity contribution in [2.45, 2.75) is 24.9 Å². The zero-order chi connectivity index (χ0) is 24.2. The summed E-state index contributed by atoms with van der Waals surface area (Å²) in [5.41, 5.74) is 3.48. The molecule has 0 spiro atoms. The first-order chi connectivity index (χ1) is 16.4. The van der Waals surface area contributed by atoms with Crippen molar-refractivity contribution in [3.8, 4) is 22.6 Å². The SMILES string of the molecule is COc1ccc(NC(=O)CSc2nc3scc(-c4ccc(C(C)C)cc4)c3c(=O)[nH]2)cc1OC. The van der Waals surface area contributed by atoms with E-state index >= 15 is 0 Å². The third-order valence-electron chi connectivity index (χ3n) is 5.32. The zero-order valence-electron chi connectivity index (χ0n) is 19.3. The number of aromatic nitrogens is 2. The van der Waals surface area contributed by atoms with Crippen molar-refractivity contribution in [1.29, 1.82) is 0 Å². The fourth-order valence-electron chi connectivity index (χ4n) is 3.50. The van der Waals surface area contributed by atoms with Crippen molar-refractivity contribution in [3.05, 3.63) is 63.8 Å². The number of thioether (sulfide) groups is 1. The first kappa shape index (κ1) is 23.8. The highest BCUT2D eigenvalue weighted by molar-refractivity contribution is 7.99. The predicted octanol–water partition coefficient (Wildman–Crippen LogP) is 5.52. The molecule has 4 aromatic rings. The van der Waals surface area contributed by atoms with Gasteiger partial charge >= 0.3 is 0 Å². The third kappa shape index (κ3) is 5.10. The highest BCUT2D eigenvalue weighted by atomic mass is 32.2. The van der Waals surface area contributed by atoms with Crippen molar-refractivity contribution in [1.82, 2.24) is 9.97 Å². The number of nitrogens with one attached hydrogen (secondary N) is 2. The molecule has 4 rings (SSSR count). The van der Waals surface area contributed by atoms with E-state index in [0.717, 1.165) is 11.1 Å². The molecule has 2 heterocycles. The van der Waals surface area contributed by atoms with Crippen LogP contribution in [0.1, 0.15) is 25.3 Å². The van der Waals surface area contributed by atoms with Gasteiger partial charge < -0.3 is 19.8 Å². The van der Waals surface area contributed by atoms with Crippen LogP contribution in [0, 0.1) is 0 Å². The molecule has 0 saturated heterocycles. The van der Waals surface area contributed by atoms with Crippen LogP contribution < -0.4 is 20.3 Å². The number of rotatable bonds is 8. The Labute approximate surface area is 205 Å². The van der Waals surface area contributed by atoms with Gasteiger partial charge in [0.1, 0.15) is 4.83 Å². The van der Waals surface area contributed by atoms with Gasteiger partial charge in [-0.3, -0.25) is 9.59 Å². The predicted molar refractivity (Wildman–Crippen MR) is 139 cm³/mol. The second-order valence-corrected chi connectivity index (χ2v) is 9.71. The number of hydrogen-bond donors (Lipinski definition) is 2. The van der Waals surface area contributed by atoms with Crippen molar-refractivity contribution in [2.24, 2.45) is 0 Å². The summed E-state index contributed by atoms with van der Waals surface area (Å²) in [5.74, 6) is 1.42. The van der Waals surface area contributed by atoms with Gasteiger partial charge in [-0.25, -0.2) is 4.98 Å². The summed E-state index contributed by atoms with van der Waals surface area (Å²) in [5, 5.41) is 5.75. The Balaban J connectivity index is 1.47. The summed E-state index contributed by atoms with van der Waals surface area (Å²) in [7, 11) is 3.09. The average Bonchev–Trinajstić information content (AvgIpc) is 3.27. The van der Waals surface area contributed by atoms with Crippen LogP contribution in [0.15, 0.2) is 57.8 Å². The van der Waals surface area contributed by atoms with Crippen molar-refractivity contribution in [2.75, 3.05) is 25.3 Å². The highest BCUT2D eigenvalue weighted by Gasteiger charge is 2.15. The molecule has 0 radical (unpaired) electrons. The number of fused-ring (bicyclic) bond motifs is 1. The molecule has 0 aliphatic carbocycles. The highest BCUT2D eigenvalue weighted by Crippen LogP contribution is 2.33. The van der Waals surface area contributed by atoms with Gasteiger partial charge in [-0.15, -0.1) is 11.3 Å². The summed E-state index contributed by atoms with van der Waals surface area (Å²) >= 11 is 2.60. The van der Waals surface area contributed by atoms with Crippen LogP contribution in [-0.2, 0) is 4.79 Å². The van der Waals surface area contributed by atoms with Crippen molar-refractivity contribution in [3.63, 3.8) is 0 Å². The number of aromatic amines is 1. The van der Waals surface area contributed by atoms with Gasteiger partial charge in [-0.2, -0.15) is 0 Å². The van der Waals surface area contributed by atoms with Crippen LogP contribution in [0.25, 0.3) is 21.3 Å². The van der Waals surface area contributed by atoms with E-state index in [1.165, 1.54) is 35.8 Å². The average molecular weight is 496 g/mol. The molecule has 2 N–H and O–H groups in total. The Morgan fingerprint density at radius 2 is 1.85 bits per heavy atom. The van der Waals surface area contributed by atoms with Gasteiger partial charge in [-0.1, -0.05) is 49.9 Å². The van der Waals surface area contributed by atoms with Crippen LogP contribution in [0.3, 0.4) is 0 Å². The fraction of sp³-hybridized carbons (Fsp3) is 0.240. The molecule has 9 heteroatoms. The van der Waals surface area contributed by atoms with E-state index in [1.54, 1.807) is 25.3 Å². The summed E-state index contributed by atoms with van der Waals surface area (Å²) in [6.45, 7) is 4.30. The number of carbonyl (C=O) groups excluding carboxylic acids is 1. The Hall–Kier alpha value is -3.30. The van der Waals surface area contributed by atoms with E-state index in [0.29, 0.717) is 38.5 Å². The van der Waals surface area contributed by atoms with Gasteiger partial charge in [0.25, 0.3) is 5.56 Å². The molecule has 0 atom stereocenters. The molecule has 0 unspecified atom stereocenters. The molecule has 0 aliphatic heterocycles. The number of anilines is 1. The van der Waals surface area contributed by atoms with E-state index < -0.39 is 0 Å². The van der Waals surface area contributed by atoms with Gasteiger partial charge in [-0.05, 0) is 29.2 Å². The molecule has 176 valence electrons. The van der Waals surface area contributed by atoms with Gasteiger partial charge in [0, 0.05) is 22.7 Å². The summed E-state index contributed by atoms with van der Waals surface area (Å²) in [6, 6.07) is 13.4. The monoisotopic (exact) mass is 495 g/mol. The van der Waals surface area contributed by atoms with Crippen LogP contribution in [0.4, 0.5) is 5.69 Å². The zero-order valence-corrected chi connectivity index (χ0v) is 20.9. The maximum atomic E-state index is 12.9. The molecular weight excluding hydrogens is 470 g/mol. The molecular formula is C25H25N3O4S2. The molecule has 2 aromatic carbocycles. The standard InChI is InChI=1S/C25H25N3O4S2/c1-14(2)15-5-7-16(8-6-15)18-12-33-24-22(18)23(30)27-25(28-24)34-13-21(29)26-17-9-10-19(31-3)20(11-17)32-4/h5-12,14H,13H2,1-4H3,(H,26,29)(H,27,28,30). The summed E-state index contributed by atoms with van der Waals surface area (Å²) < 4.78 is 10.5. The molecule has 0 bridgehead atoms. The van der Waals surface area contributed by atoms with Gasteiger partial charge in [0.05, 0.1) is 25.4 Å². The number of amides is 1. The van der Waals surface area contributed by atoms with Crippen molar-refractivity contribution < 1.29 is 14.3 Å². The topological polar surface area (TPSA) is 93.3 Å². The second-order valence-electron chi connectivity index (χ2n) is 7.88. The lowest BCUT2D eigenvalue weighted by Gasteiger charge is -2.10. The summed E-state index contributed by atoms with van der Waals surface area (Å²) in [4.78, 5) is 33.3. The quantitative estimate of drug-likeness (QED) is 0.247. The largest absolute Gasteiger partial charge is 0.493 e. The van der Waals surface area contributed by atoms with Crippen LogP contribution >= 0.6 is 23.1 Å². The third-order valence-corrected chi connectivity index (χ3v) is 7.06. The molecule has 1 amide bonds. The Bertz CT molecular complexity index is 1380. The lowest BCUT2D eigenvalue weighted by Crippen LogP contribution is -2.15. The van der Waals surface area contributed by atoms with E-state index in [-0.39, 0.29) is 17.2 Å². The number of benzene rings is 2. The van der Waals surface area contributed by atoms with Gasteiger partial charge in [0.15, 0.2) is 16.7 Å². The number of H-pyrrole nitrogens is 1. The van der Waals surface area contributed by atoms with E-state index in [2.05, 4.69) is 41.3 Å². The number of thiophene rings is 1. The maximum Gasteiger partial charge on any atom is 0.260 e. The number of nitrogens with zero attached hydrogens (tertiary/aromatic N) is 1. The molecule has 2 aromatic heterocycles. The number of hydrogen-bond acceptors (Lipinski definition) is 7.